The number of hydrogen-bond acceptors (Lipinski definition) is 5. The summed E-state index contributed by atoms with van der Waals surface area (Å²) < 4.78 is 4.69. The molecule has 1 N–H and O–H groups in total. The Labute approximate surface area is 93.2 Å². The first-order valence-corrected chi connectivity index (χ1v) is 4.82. The average Bonchev–Trinajstić information content (AvgIpc) is 2.18. The van der Waals surface area contributed by atoms with Gasteiger partial charge in [0.15, 0.2) is 0 Å². The summed E-state index contributed by atoms with van der Waals surface area (Å²) in [5, 5.41) is 19.3. The van der Waals surface area contributed by atoms with Gasteiger partial charge in [-0.25, -0.2) is 0 Å². The largest absolute Gasteiger partial charge is 0.508 e. The maximum absolute atomic E-state index is 10.3. The molecule has 1 rings (SSSR count). The van der Waals surface area contributed by atoms with Gasteiger partial charge in [0.25, 0.3) is 0 Å². The Kier molecular flexibility index (Phi) is 6.28. The number of thiol groups is 1. The molecule has 0 saturated heterocycles. The number of nitro groups is 1. The molecule has 0 aliphatic carbocycles. The van der Waals surface area contributed by atoms with E-state index in [-0.39, 0.29) is 17.2 Å². The Morgan fingerprint density at radius 2 is 2.13 bits per heavy atom. The number of ether oxygens (including phenoxy) is 1. The van der Waals surface area contributed by atoms with Gasteiger partial charge in [0.05, 0.1) is 12.0 Å². The topological polar surface area (TPSA) is 72.6 Å². The Hall–Kier alpha value is -1.43. The van der Waals surface area contributed by atoms with Crippen molar-refractivity contribution in [1.82, 2.24) is 0 Å². The molecular formula is C9H13NO4S. The zero-order valence-electron chi connectivity index (χ0n) is 8.51. The SMILES string of the molecule is CCS.COc1cc(O)ccc1[N+](=O)[O-]. The summed E-state index contributed by atoms with van der Waals surface area (Å²) in [7, 11) is 1.31. The molecule has 0 spiro atoms. The highest BCUT2D eigenvalue weighted by Crippen LogP contribution is 2.29. The molecule has 0 aliphatic rings. The first kappa shape index (κ1) is 13.6. The molecule has 1 aromatic rings. The molecule has 0 aromatic heterocycles. The lowest BCUT2D eigenvalue weighted by Gasteiger charge is -2.00. The van der Waals surface area contributed by atoms with E-state index < -0.39 is 4.92 Å². The van der Waals surface area contributed by atoms with Crippen LogP contribution in [0.15, 0.2) is 18.2 Å². The lowest BCUT2D eigenvalue weighted by atomic mass is 10.3. The molecule has 0 atom stereocenters. The van der Waals surface area contributed by atoms with Crippen molar-refractivity contribution >= 4 is 18.3 Å². The van der Waals surface area contributed by atoms with Crippen molar-refractivity contribution in [3.05, 3.63) is 28.3 Å². The van der Waals surface area contributed by atoms with E-state index in [1.165, 1.54) is 25.3 Å². The summed E-state index contributed by atoms with van der Waals surface area (Å²) >= 11 is 3.79. The van der Waals surface area contributed by atoms with E-state index in [2.05, 4.69) is 17.4 Å². The van der Waals surface area contributed by atoms with Crippen LogP contribution in [0.3, 0.4) is 0 Å². The van der Waals surface area contributed by atoms with Crippen LogP contribution in [-0.2, 0) is 0 Å². The minimum atomic E-state index is -0.571. The van der Waals surface area contributed by atoms with Gasteiger partial charge >= 0.3 is 5.69 Å². The Morgan fingerprint density at radius 3 is 2.53 bits per heavy atom. The minimum absolute atomic E-state index is 0.0556. The Bertz CT molecular complexity index is 330. The Morgan fingerprint density at radius 1 is 1.60 bits per heavy atom. The van der Waals surface area contributed by atoms with Gasteiger partial charge in [-0.3, -0.25) is 10.1 Å². The van der Waals surface area contributed by atoms with Crippen LogP contribution in [0, 0.1) is 10.1 Å². The zero-order chi connectivity index (χ0) is 11.8. The highest BCUT2D eigenvalue weighted by molar-refractivity contribution is 7.80. The van der Waals surface area contributed by atoms with E-state index in [0.717, 1.165) is 5.75 Å². The lowest BCUT2D eigenvalue weighted by molar-refractivity contribution is -0.385. The second-order valence-corrected chi connectivity index (χ2v) is 3.06. The van der Waals surface area contributed by atoms with Crippen molar-refractivity contribution in [3.63, 3.8) is 0 Å². The number of nitro benzene ring substituents is 1. The van der Waals surface area contributed by atoms with Gasteiger partial charge in [0, 0.05) is 12.1 Å². The van der Waals surface area contributed by atoms with E-state index in [4.69, 9.17) is 5.11 Å². The lowest BCUT2D eigenvalue weighted by Crippen LogP contribution is -1.92. The fraction of sp³-hybridized carbons (Fsp3) is 0.333. The van der Waals surface area contributed by atoms with Gasteiger partial charge in [-0.2, -0.15) is 12.6 Å². The third kappa shape index (κ3) is 4.55. The number of phenolic OH excluding ortho intramolecular Hbond substituents is 1. The smallest absolute Gasteiger partial charge is 0.311 e. The van der Waals surface area contributed by atoms with Gasteiger partial charge < -0.3 is 9.84 Å². The fourth-order valence-electron chi connectivity index (χ4n) is 0.817. The molecule has 0 bridgehead atoms. The van der Waals surface area contributed by atoms with Crippen LogP contribution < -0.4 is 4.74 Å². The summed E-state index contributed by atoms with van der Waals surface area (Å²) in [4.78, 5) is 9.76. The first-order chi connectivity index (χ1) is 7.06. The maximum atomic E-state index is 10.3. The molecular weight excluding hydrogens is 218 g/mol. The van der Waals surface area contributed by atoms with Gasteiger partial charge in [0.2, 0.25) is 5.75 Å². The normalized spacial score (nSPS) is 8.73. The van der Waals surface area contributed by atoms with Crippen LogP contribution in [0.5, 0.6) is 11.5 Å². The summed E-state index contributed by atoms with van der Waals surface area (Å²) in [6, 6.07) is 3.62. The second kappa shape index (κ2) is 6.94. The molecule has 0 unspecified atom stereocenters. The standard InChI is InChI=1S/C7H7NO4.C2H6S/c1-12-7-4-5(9)2-3-6(7)8(10)11;1-2-3/h2-4,9H,1H3;3H,2H2,1H3. The molecule has 0 aliphatic heterocycles. The van der Waals surface area contributed by atoms with Gasteiger partial charge in [0.1, 0.15) is 5.75 Å². The van der Waals surface area contributed by atoms with Crippen LogP contribution in [0.1, 0.15) is 6.92 Å². The predicted octanol–water partition coefficient (Wildman–Crippen LogP) is 2.25. The quantitative estimate of drug-likeness (QED) is 0.465. The van der Waals surface area contributed by atoms with Crippen molar-refractivity contribution < 1.29 is 14.8 Å². The van der Waals surface area contributed by atoms with E-state index in [1.807, 2.05) is 6.92 Å². The molecule has 1 aromatic carbocycles. The first-order valence-electron chi connectivity index (χ1n) is 4.19. The summed E-state index contributed by atoms with van der Waals surface area (Å²) in [6.07, 6.45) is 0. The minimum Gasteiger partial charge on any atom is -0.508 e. The maximum Gasteiger partial charge on any atom is 0.311 e. The number of nitrogens with zero attached hydrogens (tertiary/aromatic N) is 1. The monoisotopic (exact) mass is 231 g/mol. The molecule has 0 amide bonds. The van der Waals surface area contributed by atoms with Crippen molar-refractivity contribution in [1.29, 1.82) is 0 Å². The number of benzene rings is 1. The van der Waals surface area contributed by atoms with Gasteiger partial charge in [-0.15, -0.1) is 0 Å². The second-order valence-electron chi connectivity index (χ2n) is 2.43. The fourth-order valence-corrected chi connectivity index (χ4v) is 0.817. The van der Waals surface area contributed by atoms with Crippen LogP contribution in [0.4, 0.5) is 5.69 Å². The Balaban J connectivity index is 0.000000583. The van der Waals surface area contributed by atoms with Gasteiger partial charge in [-0.1, -0.05) is 6.92 Å². The number of hydrogen-bond donors (Lipinski definition) is 2. The van der Waals surface area contributed by atoms with Crippen LogP contribution >= 0.6 is 12.6 Å². The molecule has 15 heavy (non-hydrogen) atoms. The third-order valence-electron chi connectivity index (χ3n) is 1.36. The predicted molar refractivity (Wildman–Crippen MR) is 60.8 cm³/mol. The van der Waals surface area contributed by atoms with Gasteiger partial charge in [-0.05, 0) is 11.8 Å². The van der Waals surface area contributed by atoms with E-state index in [0.29, 0.717) is 0 Å². The van der Waals surface area contributed by atoms with Crippen molar-refractivity contribution in [2.75, 3.05) is 12.9 Å². The van der Waals surface area contributed by atoms with Crippen molar-refractivity contribution in [2.45, 2.75) is 6.92 Å². The molecule has 0 fully saturated rings. The molecule has 5 nitrogen and oxygen atoms in total. The molecule has 0 saturated carbocycles. The third-order valence-corrected chi connectivity index (χ3v) is 1.36. The van der Waals surface area contributed by atoms with Crippen LogP contribution in [-0.4, -0.2) is 22.9 Å². The van der Waals surface area contributed by atoms with Crippen molar-refractivity contribution in [3.8, 4) is 11.5 Å². The summed E-state index contributed by atoms with van der Waals surface area (Å²) in [6.45, 7) is 1.99. The van der Waals surface area contributed by atoms with Crippen LogP contribution in [0.25, 0.3) is 0 Å². The van der Waals surface area contributed by atoms with E-state index >= 15 is 0 Å². The highest BCUT2D eigenvalue weighted by atomic mass is 32.1. The highest BCUT2D eigenvalue weighted by Gasteiger charge is 2.13. The average molecular weight is 231 g/mol. The summed E-state index contributed by atoms with van der Waals surface area (Å²) in [5.41, 5.74) is -0.157. The molecule has 6 heteroatoms. The molecule has 84 valence electrons. The van der Waals surface area contributed by atoms with Crippen molar-refractivity contribution in [2.24, 2.45) is 0 Å². The number of phenols is 1. The number of methoxy groups -OCH3 is 1. The summed E-state index contributed by atoms with van der Waals surface area (Å²) in [5.74, 6) is 0.942. The number of aromatic hydroxyl groups is 1. The van der Waals surface area contributed by atoms with E-state index in [9.17, 15) is 10.1 Å². The molecule has 0 heterocycles. The number of rotatable bonds is 2. The van der Waals surface area contributed by atoms with Crippen LogP contribution in [0.2, 0.25) is 0 Å². The molecule has 0 radical (unpaired) electrons. The van der Waals surface area contributed by atoms with E-state index in [1.54, 1.807) is 0 Å². The zero-order valence-corrected chi connectivity index (χ0v) is 9.40.